The molecule has 3 N–H and O–H groups in total. The average molecular weight is 535 g/mol. The van der Waals surface area contributed by atoms with E-state index >= 15 is 0 Å². The minimum atomic E-state index is -1.14. The number of benzene rings is 1. The van der Waals surface area contributed by atoms with Crippen molar-refractivity contribution in [3.8, 4) is 0 Å². The van der Waals surface area contributed by atoms with E-state index in [0.717, 1.165) is 32.1 Å². The van der Waals surface area contributed by atoms with Crippen molar-refractivity contribution in [1.82, 2.24) is 30.6 Å². The number of fused-ring (bicyclic) bond motifs is 1. The van der Waals surface area contributed by atoms with Crippen molar-refractivity contribution in [2.45, 2.75) is 69.5 Å². The van der Waals surface area contributed by atoms with E-state index in [-0.39, 0.29) is 29.7 Å². The SMILES string of the molecule is Cn1nc2ccccc2c1C(=O)N1CCC2(CC2)C[C@H]1C(=O)N[C@@H](C[C@@H]1CCNC1=O)C(=O)C(=O)NC1CC1. The molecule has 0 radical (unpaired) electrons. The second kappa shape index (κ2) is 9.77. The molecule has 39 heavy (non-hydrogen) atoms. The van der Waals surface area contributed by atoms with E-state index in [2.05, 4.69) is 21.0 Å². The van der Waals surface area contributed by atoms with E-state index in [1.165, 1.54) is 0 Å². The van der Waals surface area contributed by atoms with E-state index in [4.69, 9.17) is 0 Å². The lowest BCUT2D eigenvalue weighted by atomic mass is 9.86. The van der Waals surface area contributed by atoms with Crippen molar-refractivity contribution < 1.29 is 24.0 Å². The highest BCUT2D eigenvalue weighted by atomic mass is 16.2. The van der Waals surface area contributed by atoms with Crippen LogP contribution in [0.1, 0.15) is 61.9 Å². The van der Waals surface area contributed by atoms with Crippen LogP contribution in [0.15, 0.2) is 24.3 Å². The maximum absolute atomic E-state index is 13.9. The number of nitrogens with one attached hydrogen (secondary N) is 3. The van der Waals surface area contributed by atoms with Gasteiger partial charge in [-0.3, -0.25) is 28.7 Å². The summed E-state index contributed by atoms with van der Waals surface area (Å²) in [6.07, 6.45) is 5.55. The molecule has 6 rings (SSSR count). The highest BCUT2D eigenvalue weighted by molar-refractivity contribution is 6.38. The smallest absolute Gasteiger partial charge is 0.289 e. The highest BCUT2D eigenvalue weighted by Gasteiger charge is 2.52. The molecule has 2 saturated carbocycles. The molecule has 2 aliphatic carbocycles. The van der Waals surface area contributed by atoms with Crippen LogP contribution >= 0.6 is 0 Å². The number of rotatable bonds is 8. The van der Waals surface area contributed by atoms with Crippen molar-refractivity contribution in [2.24, 2.45) is 18.4 Å². The van der Waals surface area contributed by atoms with E-state index in [1.807, 2.05) is 24.3 Å². The van der Waals surface area contributed by atoms with Crippen LogP contribution in [0, 0.1) is 11.3 Å². The van der Waals surface area contributed by atoms with Crippen molar-refractivity contribution in [3.05, 3.63) is 30.0 Å². The lowest BCUT2D eigenvalue weighted by Crippen LogP contribution is -2.58. The summed E-state index contributed by atoms with van der Waals surface area (Å²) in [7, 11) is 1.72. The predicted molar refractivity (Wildman–Crippen MR) is 140 cm³/mol. The topological polar surface area (TPSA) is 142 Å². The van der Waals surface area contributed by atoms with Gasteiger partial charge in [0, 0.05) is 37.5 Å². The van der Waals surface area contributed by atoms with Crippen molar-refractivity contribution >= 4 is 40.3 Å². The van der Waals surface area contributed by atoms with E-state index in [0.29, 0.717) is 42.5 Å². The lowest BCUT2D eigenvalue weighted by molar-refractivity contribution is -0.141. The quantitative estimate of drug-likeness (QED) is 0.428. The Morgan fingerprint density at radius 2 is 1.90 bits per heavy atom. The van der Waals surface area contributed by atoms with Crippen LogP contribution in [0.3, 0.4) is 0 Å². The van der Waals surface area contributed by atoms with Gasteiger partial charge >= 0.3 is 0 Å². The number of Topliss-reactive ketones (excluding diaryl/α,β-unsaturated/α-hetero) is 1. The monoisotopic (exact) mass is 534 g/mol. The Hall–Kier alpha value is -3.76. The second-order valence-corrected chi connectivity index (χ2v) is 11.6. The van der Waals surface area contributed by atoms with Gasteiger partial charge in [0.15, 0.2) is 0 Å². The molecule has 2 aliphatic heterocycles. The van der Waals surface area contributed by atoms with Crippen LogP contribution in [0.2, 0.25) is 0 Å². The Labute approximate surface area is 226 Å². The van der Waals surface area contributed by atoms with E-state index < -0.39 is 35.6 Å². The van der Waals surface area contributed by atoms with E-state index in [9.17, 15) is 24.0 Å². The fourth-order valence-corrected chi connectivity index (χ4v) is 6.08. The van der Waals surface area contributed by atoms with Crippen molar-refractivity contribution in [2.75, 3.05) is 13.1 Å². The Bertz CT molecular complexity index is 1360. The Morgan fingerprint density at radius 3 is 2.59 bits per heavy atom. The van der Waals surface area contributed by atoms with Crippen molar-refractivity contribution in [1.29, 1.82) is 0 Å². The largest absolute Gasteiger partial charge is 0.356 e. The summed E-state index contributed by atoms with van der Waals surface area (Å²) in [5.74, 6) is -2.88. The molecule has 11 heteroatoms. The minimum absolute atomic E-state index is 0.0116. The van der Waals surface area contributed by atoms with Gasteiger partial charge in [0.1, 0.15) is 11.7 Å². The summed E-state index contributed by atoms with van der Waals surface area (Å²) in [6.45, 7) is 0.918. The third-order valence-electron chi connectivity index (χ3n) is 8.80. The minimum Gasteiger partial charge on any atom is -0.356 e. The molecule has 0 unspecified atom stereocenters. The van der Waals surface area contributed by atoms with Crippen LogP contribution in [-0.2, 0) is 26.2 Å². The van der Waals surface area contributed by atoms with Gasteiger partial charge in [-0.15, -0.1) is 0 Å². The molecular formula is C28H34N6O5. The standard InChI is InChI=1S/C28H34N6O5/c1-33-22(18-4-2-3-5-19(18)32-33)27(39)34-13-11-28(9-10-28)15-21(34)25(37)31-20(14-16-8-12-29-24(16)36)23(35)26(38)30-17-6-7-17/h2-5,16-17,20-21H,6-15H2,1H3,(H,29,36)(H,30,38)(H,31,37)/t16-,20-,21-/m0/s1. The molecule has 3 atom stereocenters. The zero-order chi connectivity index (χ0) is 27.3. The number of amides is 4. The van der Waals surface area contributed by atoms with Crippen LogP contribution in [-0.4, -0.2) is 75.3 Å². The van der Waals surface area contributed by atoms with Crippen LogP contribution in [0.4, 0.5) is 0 Å². The molecule has 0 bridgehead atoms. The molecule has 1 spiro atoms. The fourth-order valence-electron chi connectivity index (χ4n) is 6.08. The summed E-state index contributed by atoms with van der Waals surface area (Å²) >= 11 is 0. The normalized spacial score (nSPS) is 24.3. The number of aromatic nitrogens is 2. The molecule has 2 aromatic rings. The number of hydrogen-bond acceptors (Lipinski definition) is 6. The van der Waals surface area contributed by atoms with Gasteiger partial charge in [-0.1, -0.05) is 18.2 Å². The first-order chi connectivity index (χ1) is 18.7. The van der Waals surface area contributed by atoms with Crippen LogP contribution in [0.25, 0.3) is 10.9 Å². The predicted octanol–water partition coefficient (Wildman–Crippen LogP) is 0.817. The number of carbonyl (C=O) groups excluding carboxylic acids is 5. The first kappa shape index (κ1) is 25.5. The number of carbonyl (C=O) groups is 5. The van der Waals surface area contributed by atoms with Crippen LogP contribution in [0.5, 0.6) is 0 Å². The Balaban J connectivity index is 1.26. The van der Waals surface area contributed by atoms with Gasteiger partial charge in [0.05, 0.1) is 11.6 Å². The van der Waals surface area contributed by atoms with Gasteiger partial charge < -0.3 is 20.9 Å². The second-order valence-electron chi connectivity index (χ2n) is 11.6. The molecule has 4 amide bonds. The molecule has 11 nitrogen and oxygen atoms in total. The van der Waals surface area contributed by atoms with Gasteiger partial charge in [-0.2, -0.15) is 5.10 Å². The Morgan fingerprint density at radius 1 is 1.13 bits per heavy atom. The van der Waals surface area contributed by atoms with Gasteiger partial charge in [-0.05, 0) is 62.8 Å². The van der Waals surface area contributed by atoms with E-state index in [1.54, 1.807) is 16.6 Å². The number of piperidine rings is 1. The molecule has 2 saturated heterocycles. The summed E-state index contributed by atoms with van der Waals surface area (Å²) in [5, 5.41) is 13.4. The zero-order valence-corrected chi connectivity index (χ0v) is 22.1. The number of nitrogens with zero attached hydrogens (tertiary/aromatic N) is 3. The number of hydrogen-bond donors (Lipinski definition) is 3. The van der Waals surface area contributed by atoms with Gasteiger partial charge in [-0.25, -0.2) is 0 Å². The third-order valence-corrected chi connectivity index (χ3v) is 8.80. The molecule has 206 valence electrons. The Kier molecular flexibility index (Phi) is 6.39. The summed E-state index contributed by atoms with van der Waals surface area (Å²) < 4.78 is 1.55. The molecule has 1 aromatic carbocycles. The average Bonchev–Trinajstić information content (AvgIpc) is 3.82. The molecule has 4 aliphatic rings. The molecule has 4 fully saturated rings. The molecule has 1 aromatic heterocycles. The molecule has 3 heterocycles. The van der Waals surface area contributed by atoms with Crippen LogP contribution < -0.4 is 16.0 Å². The maximum atomic E-state index is 13.9. The summed E-state index contributed by atoms with van der Waals surface area (Å²) in [5.41, 5.74) is 1.14. The van der Waals surface area contributed by atoms with Gasteiger partial charge in [0.25, 0.3) is 11.8 Å². The maximum Gasteiger partial charge on any atom is 0.289 e. The zero-order valence-electron chi connectivity index (χ0n) is 22.1. The first-order valence-electron chi connectivity index (χ1n) is 13.9. The number of aryl methyl sites for hydroxylation is 1. The summed E-state index contributed by atoms with van der Waals surface area (Å²) in [6, 6.07) is 5.45. The highest BCUT2D eigenvalue weighted by Crippen LogP contribution is 2.55. The first-order valence-corrected chi connectivity index (χ1v) is 13.9. The summed E-state index contributed by atoms with van der Waals surface area (Å²) in [4.78, 5) is 67.5. The van der Waals surface area contributed by atoms with Gasteiger partial charge in [0.2, 0.25) is 17.6 Å². The number of likely N-dealkylation sites (tertiary alicyclic amines) is 1. The van der Waals surface area contributed by atoms with Crippen molar-refractivity contribution in [3.63, 3.8) is 0 Å². The number of ketones is 1. The fraction of sp³-hybridized carbons (Fsp3) is 0.571. The lowest BCUT2D eigenvalue weighted by Gasteiger charge is -2.39. The third kappa shape index (κ3) is 5.02. The molecular weight excluding hydrogens is 500 g/mol.